The van der Waals surface area contributed by atoms with Gasteiger partial charge in [-0.05, 0) is 45.0 Å². The molecule has 1 unspecified atom stereocenters. The highest BCUT2D eigenvalue weighted by molar-refractivity contribution is 7.99. The molecular formula is C29H35N5O5S. The second-order valence-corrected chi connectivity index (χ2v) is 10.5. The Bertz CT molecular complexity index is 1330. The molecule has 0 spiro atoms. The van der Waals surface area contributed by atoms with Crippen LogP contribution in [0.1, 0.15) is 32.3 Å². The largest absolute Gasteiger partial charge is 0.497 e. The maximum atomic E-state index is 13.2. The van der Waals surface area contributed by atoms with Gasteiger partial charge in [0.25, 0.3) is 0 Å². The van der Waals surface area contributed by atoms with Crippen LogP contribution in [0.25, 0.3) is 17.1 Å². The Hall–Kier alpha value is -3.86. The molecule has 0 bridgehead atoms. The van der Waals surface area contributed by atoms with E-state index in [9.17, 15) is 14.4 Å². The fraction of sp³-hybridized carbons (Fsp3) is 0.414. The monoisotopic (exact) mass is 565 g/mol. The summed E-state index contributed by atoms with van der Waals surface area (Å²) < 4.78 is 12.2. The summed E-state index contributed by atoms with van der Waals surface area (Å²) in [6.07, 6.45) is 0.173. The van der Waals surface area contributed by atoms with Crippen molar-refractivity contribution in [2.24, 2.45) is 0 Å². The lowest BCUT2D eigenvalue weighted by molar-refractivity contribution is -0.147. The van der Waals surface area contributed by atoms with Crippen LogP contribution in [-0.4, -0.2) is 87.5 Å². The van der Waals surface area contributed by atoms with E-state index in [0.717, 1.165) is 22.6 Å². The van der Waals surface area contributed by atoms with Crippen LogP contribution >= 0.6 is 11.8 Å². The van der Waals surface area contributed by atoms with Crippen LogP contribution in [0.5, 0.6) is 5.75 Å². The van der Waals surface area contributed by atoms with Crippen molar-refractivity contribution in [3.63, 3.8) is 0 Å². The number of aryl methyl sites for hydroxylation is 1. The van der Waals surface area contributed by atoms with Crippen LogP contribution in [0.15, 0.2) is 53.7 Å². The van der Waals surface area contributed by atoms with Gasteiger partial charge in [-0.3, -0.25) is 19.0 Å². The highest BCUT2D eigenvalue weighted by Crippen LogP contribution is 2.29. The molecule has 0 saturated carbocycles. The number of ether oxygens (including phenoxy) is 2. The Morgan fingerprint density at radius 2 is 1.70 bits per heavy atom. The first-order valence-corrected chi connectivity index (χ1v) is 14.3. The fourth-order valence-corrected chi connectivity index (χ4v) is 5.43. The van der Waals surface area contributed by atoms with E-state index in [4.69, 9.17) is 9.47 Å². The minimum Gasteiger partial charge on any atom is -0.497 e. The number of hydrogen-bond acceptors (Lipinski definition) is 8. The lowest BCUT2D eigenvalue weighted by Gasteiger charge is -2.40. The van der Waals surface area contributed by atoms with Gasteiger partial charge in [-0.1, -0.05) is 41.6 Å². The molecule has 2 heterocycles. The highest BCUT2D eigenvalue weighted by atomic mass is 32.2. The Kier molecular flexibility index (Phi) is 9.81. The third-order valence-electron chi connectivity index (χ3n) is 6.75. The van der Waals surface area contributed by atoms with Crippen molar-refractivity contribution >= 4 is 29.5 Å². The molecule has 0 aliphatic carbocycles. The molecule has 2 aromatic carbocycles. The molecule has 212 valence electrons. The average Bonchev–Trinajstić information content (AvgIpc) is 3.39. The molecule has 11 heteroatoms. The summed E-state index contributed by atoms with van der Waals surface area (Å²) in [5.41, 5.74) is 2.93. The first kappa shape index (κ1) is 29.1. The Morgan fingerprint density at radius 1 is 0.975 bits per heavy atom. The van der Waals surface area contributed by atoms with E-state index < -0.39 is 0 Å². The molecule has 1 aromatic heterocycles. The molecule has 1 aliphatic heterocycles. The second-order valence-electron chi connectivity index (χ2n) is 9.58. The van der Waals surface area contributed by atoms with Crippen LogP contribution < -0.4 is 4.74 Å². The van der Waals surface area contributed by atoms with Gasteiger partial charge in [-0.2, -0.15) is 0 Å². The Balaban J connectivity index is 1.43. The summed E-state index contributed by atoms with van der Waals surface area (Å²) in [7, 11) is 1.62. The predicted octanol–water partition coefficient (Wildman–Crippen LogP) is 3.75. The third kappa shape index (κ3) is 7.01. The van der Waals surface area contributed by atoms with Gasteiger partial charge >= 0.3 is 5.97 Å². The van der Waals surface area contributed by atoms with Crippen molar-refractivity contribution in [3.05, 3.63) is 54.1 Å². The van der Waals surface area contributed by atoms with Crippen LogP contribution in [0.3, 0.4) is 0 Å². The maximum absolute atomic E-state index is 13.2. The van der Waals surface area contributed by atoms with Gasteiger partial charge in [-0.15, -0.1) is 10.2 Å². The number of rotatable bonds is 10. The number of hydrogen-bond donors (Lipinski definition) is 0. The van der Waals surface area contributed by atoms with E-state index in [-0.39, 0.29) is 42.4 Å². The molecule has 3 aromatic rings. The van der Waals surface area contributed by atoms with E-state index in [1.165, 1.54) is 11.8 Å². The molecule has 1 atom stereocenters. The van der Waals surface area contributed by atoms with Crippen LogP contribution in [0.4, 0.5) is 0 Å². The number of benzene rings is 2. The van der Waals surface area contributed by atoms with Crippen molar-refractivity contribution in [1.82, 2.24) is 24.6 Å². The van der Waals surface area contributed by atoms with Gasteiger partial charge in [-0.25, -0.2) is 0 Å². The van der Waals surface area contributed by atoms with E-state index in [1.54, 1.807) is 23.8 Å². The van der Waals surface area contributed by atoms with Crippen molar-refractivity contribution in [2.75, 3.05) is 39.1 Å². The van der Waals surface area contributed by atoms with E-state index in [2.05, 4.69) is 10.2 Å². The van der Waals surface area contributed by atoms with Gasteiger partial charge in [0.2, 0.25) is 11.8 Å². The van der Waals surface area contributed by atoms with Gasteiger partial charge < -0.3 is 19.3 Å². The van der Waals surface area contributed by atoms with E-state index >= 15 is 0 Å². The number of carbonyl (C=O) groups excluding carboxylic acids is 3. The fourth-order valence-electron chi connectivity index (χ4n) is 4.58. The number of thioether (sulfide) groups is 1. The van der Waals surface area contributed by atoms with Crippen LogP contribution in [0, 0.1) is 6.92 Å². The third-order valence-corrected chi connectivity index (χ3v) is 7.66. The molecule has 4 rings (SSSR count). The summed E-state index contributed by atoms with van der Waals surface area (Å²) >= 11 is 1.33. The summed E-state index contributed by atoms with van der Waals surface area (Å²) in [6, 6.07) is 15.6. The Labute approximate surface area is 238 Å². The first-order valence-electron chi connectivity index (χ1n) is 13.3. The van der Waals surface area contributed by atoms with Gasteiger partial charge in [0.15, 0.2) is 11.0 Å². The van der Waals surface area contributed by atoms with Crippen molar-refractivity contribution < 1.29 is 23.9 Å². The number of piperazine rings is 1. The van der Waals surface area contributed by atoms with Gasteiger partial charge in [0.05, 0.1) is 25.9 Å². The second kappa shape index (κ2) is 13.5. The lowest BCUT2D eigenvalue weighted by atomic mass is 10.1. The lowest BCUT2D eigenvalue weighted by Crippen LogP contribution is -2.55. The smallest absolute Gasteiger partial charge is 0.306 e. The summed E-state index contributed by atoms with van der Waals surface area (Å²) in [5, 5.41) is 9.51. The molecule has 10 nitrogen and oxygen atoms in total. The zero-order valence-electron chi connectivity index (χ0n) is 23.3. The standard InChI is InChI=1S/C29H35N5O5S/c1-5-39-27(37)15-14-25(35)33-17-16-32(18-21(33)3)26(36)19-40-29-31-30-28(22-8-6-20(2)7-9-22)34(29)23-10-12-24(38-4)13-11-23/h6-13,21H,5,14-19H2,1-4H3. The zero-order valence-corrected chi connectivity index (χ0v) is 24.1. The van der Waals surface area contributed by atoms with Crippen molar-refractivity contribution in [2.45, 2.75) is 44.8 Å². The minimum absolute atomic E-state index is 0.0309. The number of esters is 1. The zero-order chi connectivity index (χ0) is 28.6. The van der Waals surface area contributed by atoms with E-state index in [1.807, 2.05) is 66.9 Å². The molecule has 1 fully saturated rings. The summed E-state index contributed by atoms with van der Waals surface area (Å²) in [5.74, 6) is 1.11. The van der Waals surface area contributed by atoms with Crippen molar-refractivity contribution in [1.29, 1.82) is 0 Å². The quantitative estimate of drug-likeness (QED) is 0.270. The summed E-state index contributed by atoms with van der Waals surface area (Å²) in [6.45, 7) is 7.29. The molecule has 0 N–H and O–H groups in total. The molecule has 1 saturated heterocycles. The minimum atomic E-state index is -0.373. The molecule has 40 heavy (non-hydrogen) atoms. The molecule has 0 radical (unpaired) electrons. The number of methoxy groups -OCH3 is 1. The topological polar surface area (TPSA) is 107 Å². The predicted molar refractivity (Wildman–Crippen MR) is 152 cm³/mol. The van der Waals surface area contributed by atoms with E-state index in [0.29, 0.717) is 37.2 Å². The normalized spacial score (nSPS) is 15.2. The number of aromatic nitrogens is 3. The summed E-state index contributed by atoms with van der Waals surface area (Å²) in [4.78, 5) is 41.0. The van der Waals surface area contributed by atoms with Gasteiger partial charge in [0, 0.05) is 43.3 Å². The number of carbonyl (C=O) groups is 3. The Morgan fingerprint density at radius 3 is 2.35 bits per heavy atom. The molecule has 2 amide bonds. The number of amides is 2. The molecule has 1 aliphatic rings. The van der Waals surface area contributed by atoms with Crippen LogP contribution in [-0.2, 0) is 19.1 Å². The average molecular weight is 566 g/mol. The van der Waals surface area contributed by atoms with Crippen molar-refractivity contribution in [3.8, 4) is 22.8 Å². The SMILES string of the molecule is CCOC(=O)CCC(=O)N1CCN(C(=O)CSc2nnc(-c3ccc(C)cc3)n2-c2ccc(OC)cc2)CC1C. The maximum Gasteiger partial charge on any atom is 0.306 e. The number of nitrogens with zero attached hydrogens (tertiary/aromatic N) is 5. The van der Waals surface area contributed by atoms with Gasteiger partial charge in [0.1, 0.15) is 5.75 Å². The highest BCUT2D eigenvalue weighted by Gasteiger charge is 2.30. The van der Waals surface area contributed by atoms with Crippen LogP contribution in [0.2, 0.25) is 0 Å². The first-order chi connectivity index (χ1) is 19.3. The molecular weight excluding hydrogens is 530 g/mol.